The normalized spacial score (nSPS) is 16.9. The molecule has 0 bridgehead atoms. The minimum absolute atomic E-state index is 0.204. The van der Waals surface area contributed by atoms with Crippen molar-refractivity contribution in [1.29, 1.82) is 0 Å². The molecular formula is C22H42N2O. The number of hydrogen-bond acceptors (Lipinski definition) is 3. The van der Waals surface area contributed by atoms with Crippen LogP contribution >= 0.6 is 0 Å². The van der Waals surface area contributed by atoms with Gasteiger partial charge in [0.2, 0.25) is 0 Å². The van der Waals surface area contributed by atoms with Crippen molar-refractivity contribution in [1.82, 2.24) is 10.2 Å². The second kappa shape index (κ2) is 16.5. The number of aliphatic hydroxyl groups is 1. The molecule has 0 fully saturated rings. The van der Waals surface area contributed by atoms with Gasteiger partial charge in [-0.25, -0.2) is 0 Å². The molecule has 1 heterocycles. The Balaban J connectivity index is 1.81. The lowest BCUT2D eigenvalue weighted by atomic mass is 10.0. The summed E-state index contributed by atoms with van der Waals surface area (Å²) in [5.41, 5.74) is 0. The van der Waals surface area contributed by atoms with Gasteiger partial charge in [-0.1, -0.05) is 90.0 Å². The Hall–Kier alpha value is -0.960. The number of allylic oxidation sites excluding steroid dienone is 1. The lowest BCUT2D eigenvalue weighted by Gasteiger charge is -2.21. The van der Waals surface area contributed by atoms with Gasteiger partial charge in [-0.15, -0.1) is 0 Å². The summed E-state index contributed by atoms with van der Waals surface area (Å²) in [6.07, 6.45) is 28.2. The van der Waals surface area contributed by atoms with Crippen molar-refractivity contribution >= 4 is 0 Å². The van der Waals surface area contributed by atoms with Crippen LogP contribution in [0.4, 0.5) is 0 Å². The smallest absolute Gasteiger partial charge is 0.118 e. The molecule has 2 N–H and O–H groups in total. The Morgan fingerprint density at radius 1 is 0.880 bits per heavy atom. The van der Waals surface area contributed by atoms with Gasteiger partial charge in [-0.2, -0.15) is 0 Å². The molecule has 1 rings (SSSR count). The quantitative estimate of drug-likeness (QED) is 0.260. The van der Waals surface area contributed by atoms with Crippen LogP contribution in [0, 0.1) is 0 Å². The molecule has 3 nitrogen and oxygen atoms in total. The summed E-state index contributed by atoms with van der Waals surface area (Å²) >= 11 is 0. The van der Waals surface area contributed by atoms with E-state index in [4.69, 9.17) is 5.11 Å². The molecule has 1 aliphatic rings. The van der Waals surface area contributed by atoms with Crippen LogP contribution in [0.2, 0.25) is 0 Å². The van der Waals surface area contributed by atoms with Crippen molar-refractivity contribution in [2.24, 2.45) is 0 Å². The lowest BCUT2D eigenvalue weighted by Crippen LogP contribution is -2.35. The summed E-state index contributed by atoms with van der Waals surface area (Å²) in [5.74, 6) is 0. The number of nitrogens with one attached hydrogen (secondary N) is 1. The van der Waals surface area contributed by atoms with Gasteiger partial charge in [0, 0.05) is 18.9 Å². The first-order valence-electron chi connectivity index (χ1n) is 10.8. The van der Waals surface area contributed by atoms with Crippen molar-refractivity contribution in [2.45, 2.75) is 103 Å². The molecule has 0 aliphatic carbocycles. The van der Waals surface area contributed by atoms with Crippen LogP contribution in [0.3, 0.4) is 0 Å². The molecule has 0 aromatic carbocycles. The van der Waals surface area contributed by atoms with Gasteiger partial charge in [-0.3, -0.25) is 0 Å². The Bertz CT molecular complexity index is 341. The number of nitrogens with zero attached hydrogens (tertiary/aromatic N) is 1. The summed E-state index contributed by atoms with van der Waals surface area (Å²) in [4.78, 5) is 2.13. The average molecular weight is 351 g/mol. The maximum Gasteiger partial charge on any atom is 0.118 e. The maximum absolute atomic E-state index is 9.02. The lowest BCUT2D eigenvalue weighted by molar-refractivity contribution is 0.220. The number of hydrogen-bond donors (Lipinski definition) is 2. The van der Waals surface area contributed by atoms with Gasteiger partial charge in [0.15, 0.2) is 0 Å². The molecule has 1 atom stereocenters. The molecular weight excluding hydrogens is 308 g/mol. The van der Waals surface area contributed by atoms with Gasteiger partial charge in [0.1, 0.15) is 6.17 Å². The Labute approximate surface area is 156 Å². The molecule has 0 aromatic heterocycles. The van der Waals surface area contributed by atoms with E-state index in [-0.39, 0.29) is 12.8 Å². The van der Waals surface area contributed by atoms with E-state index in [9.17, 15) is 0 Å². The predicted molar refractivity (Wildman–Crippen MR) is 109 cm³/mol. The number of β-amino-alcohol motifs (C(OH)–C–C–N with tert-alkyl or cyclic N) is 1. The monoisotopic (exact) mass is 350 g/mol. The molecule has 0 spiro atoms. The molecule has 1 aliphatic heterocycles. The minimum Gasteiger partial charge on any atom is -0.395 e. The standard InChI is InChI=1S/C22H42N2O/c1-2-3-4-5-6-7-8-9-10-11-12-13-14-15-16-17-22-23-18-19-24(22)20-21-25/h16-19,22-23,25H,2-15,20-21H2,1H3/b17-16+. The van der Waals surface area contributed by atoms with Crippen LogP contribution in [0.1, 0.15) is 96.8 Å². The largest absolute Gasteiger partial charge is 0.395 e. The molecule has 0 amide bonds. The second-order valence-electron chi connectivity index (χ2n) is 7.35. The molecule has 0 radical (unpaired) electrons. The highest BCUT2D eigenvalue weighted by Crippen LogP contribution is 2.13. The van der Waals surface area contributed by atoms with Crippen LogP contribution in [-0.4, -0.2) is 29.3 Å². The number of aliphatic hydroxyl groups excluding tert-OH is 1. The molecule has 0 saturated heterocycles. The maximum atomic E-state index is 9.02. The third-order valence-corrected chi connectivity index (χ3v) is 5.04. The summed E-state index contributed by atoms with van der Waals surface area (Å²) in [6.45, 7) is 3.18. The van der Waals surface area contributed by atoms with E-state index in [1.165, 1.54) is 89.9 Å². The van der Waals surface area contributed by atoms with E-state index in [2.05, 4.69) is 29.3 Å². The number of unbranched alkanes of at least 4 members (excludes halogenated alkanes) is 13. The zero-order chi connectivity index (χ0) is 18.0. The number of rotatable bonds is 17. The Morgan fingerprint density at radius 2 is 1.44 bits per heavy atom. The fraction of sp³-hybridized carbons (Fsp3) is 0.818. The third-order valence-electron chi connectivity index (χ3n) is 5.04. The highest BCUT2D eigenvalue weighted by atomic mass is 16.3. The molecule has 0 aromatic rings. The summed E-state index contributed by atoms with van der Waals surface area (Å²) in [5, 5.41) is 12.3. The fourth-order valence-electron chi connectivity index (χ4n) is 3.43. The minimum atomic E-state index is 0.204. The molecule has 3 heteroatoms. The SMILES string of the molecule is CCCCCCCCCCCCCCC/C=C/C1NC=CN1CCO. The molecule has 146 valence electrons. The molecule has 1 unspecified atom stereocenters. The zero-order valence-corrected chi connectivity index (χ0v) is 16.6. The highest BCUT2D eigenvalue weighted by Gasteiger charge is 2.13. The van der Waals surface area contributed by atoms with Crippen LogP contribution in [0.15, 0.2) is 24.6 Å². The summed E-state index contributed by atoms with van der Waals surface area (Å²) in [6, 6.07) is 0. The Morgan fingerprint density at radius 3 is 2.00 bits per heavy atom. The van der Waals surface area contributed by atoms with Crippen molar-refractivity contribution in [3.63, 3.8) is 0 Å². The van der Waals surface area contributed by atoms with Crippen LogP contribution in [-0.2, 0) is 0 Å². The summed E-state index contributed by atoms with van der Waals surface area (Å²) < 4.78 is 0. The van der Waals surface area contributed by atoms with Crippen molar-refractivity contribution in [3.8, 4) is 0 Å². The van der Waals surface area contributed by atoms with Gasteiger partial charge in [-0.05, 0) is 18.9 Å². The van der Waals surface area contributed by atoms with Crippen molar-refractivity contribution < 1.29 is 5.11 Å². The van der Waals surface area contributed by atoms with Crippen LogP contribution < -0.4 is 5.32 Å². The van der Waals surface area contributed by atoms with Crippen LogP contribution in [0.5, 0.6) is 0 Å². The molecule has 25 heavy (non-hydrogen) atoms. The third kappa shape index (κ3) is 12.1. The van der Waals surface area contributed by atoms with E-state index in [0.29, 0.717) is 6.54 Å². The first-order valence-corrected chi connectivity index (χ1v) is 10.8. The van der Waals surface area contributed by atoms with Crippen LogP contribution in [0.25, 0.3) is 0 Å². The van der Waals surface area contributed by atoms with Crippen molar-refractivity contribution in [2.75, 3.05) is 13.2 Å². The average Bonchev–Trinajstić information content (AvgIpc) is 3.06. The Kier molecular flexibility index (Phi) is 14.6. The van der Waals surface area contributed by atoms with E-state index in [1.807, 2.05) is 12.4 Å². The summed E-state index contributed by atoms with van der Waals surface area (Å²) in [7, 11) is 0. The van der Waals surface area contributed by atoms with Crippen molar-refractivity contribution in [3.05, 3.63) is 24.6 Å². The first-order chi connectivity index (χ1) is 12.4. The van der Waals surface area contributed by atoms with E-state index >= 15 is 0 Å². The van der Waals surface area contributed by atoms with Gasteiger partial charge >= 0.3 is 0 Å². The van der Waals surface area contributed by atoms with E-state index in [0.717, 1.165) is 0 Å². The van der Waals surface area contributed by atoms with Gasteiger partial charge in [0.05, 0.1) is 6.61 Å². The van der Waals surface area contributed by atoms with Gasteiger partial charge < -0.3 is 15.3 Å². The van der Waals surface area contributed by atoms with E-state index < -0.39 is 0 Å². The fourth-order valence-corrected chi connectivity index (χ4v) is 3.43. The second-order valence-corrected chi connectivity index (χ2v) is 7.35. The highest BCUT2D eigenvalue weighted by molar-refractivity contribution is 5.04. The first kappa shape index (κ1) is 22.1. The predicted octanol–water partition coefficient (Wildman–Crippen LogP) is 5.72. The van der Waals surface area contributed by atoms with Gasteiger partial charge in [0.25, 0.3) is 0 Å². The zero-order valence-electron chi connectivity index (χ0n) is 16.6. The van der Waals surface area contributed by atoms with E-state index in [1.54, 1.807) is 0 Å². The topological polar surface area (TPSA) is 35.5 Å². The molecule has 0 saturated carbocycles.